The van der Waals surface area contributed by atoms with Crippen LogP contribution in [-0.4, -0.2) is 9.97 Å². The van der Waals surface area contributed by atoms with Crippen LogP contribution in [0, 0.1) is 0 Å². The molecule has 0 aliphatic heterocycles. The van der Waals surface area contributed by atoms with Crippen LogP contribution in [0.4, 0.5) is 0 Å². The van der Waals surface area contributed by atoms with Crippen molar-refractivity contribution < 1.29 is 4.42 Å². The molecule has 0 amide bonds. The van der Waals surface area contributed by atoms with E-state index in [1.54, 1.807) is 0 Å². The molecule has 0 atom stereocenters. The van der Waals surface area contributed by atoms with Crippen LogP contribution >= 0.6 is 0 Å². The number of nitrogens with zero attached hydrogens (tertiary/aromatic N) is 2. The minimum absolute atomic E-state index is 0.701. The first-order valence-electron chi connectivity index (χ1n) is 17.2. The molecule has 2 aromatic heterocycles. The predicted octanol–water partition coefficient (Wildman–Crippen LogP) is 13.0. The van der Waals surface area contributed by atoms with Crippen LogP contribution in [0.5, 0.6) is 0 Å². The second kappa shape index (κ2) is 11.9. The Morgan fingerprint density at radius 2 is 0.902 bits per heavy atom. The van der Waals surface area contributed by atoms with Crippen LogP contribution in [-0.2, 0) is 0 Å². The second-order valence-electron chi connectivity index (χ2n) is 13.0. The third-order valence-corrected chi connectivity index (χ3v) is 9.88. The highest BCUT2D eigenvalue weighted by Crippen LogP contribution is 2.39. The Hall–Kier alpha value is -6.84. The third-order valence-electron chi connectivity index (χ3n) is 9.88. The zero-order valence-corrected chi connectivity index (χ0v) is 27.6. The number of hydrogen-bond donors (Lipinski definition) is 0. The zero-order valence-electron chi connectivity index (χ0n) is 27.6. The molecule has 0 radical (unpaired) electrons. The first-order chi connectivity index (χ1) is 25.3. The van der Waals surface area contributed by atoms with Crippen LogP contribution in [0.25, 0.3) is 99.6 Å². The lowest BCUT2D eigenvalue weighted by Gasteiger charge is -2.13. The van der Waals surface area contributed by atoms with Gasteiger partial charge in [-0.1, -0.05) is 146 Å². The van der Waals surface area contributed by atoms with Crippen LogP contribution in [0.3, 0.4) is 0 Å². The van der Waals surface area contributed by atoms with E-state index in [9.17, 15) is 0 Å². The number of fused-ring (bicyclic) bond motifs is 6. The smallest absolute Gasteiger partial charge is 0.160 e. The molecule has 238 valence electrons. The van der Waals surface area contributed by atoms with Gasteiger partial charge < -0.3 is 4.42 Å². The lowest BCUT2D eigenvalue weighted by molar-refractivity contribution is 0.672. The maximum absolute atomic E-state index is 6.37. The maximum Gasteiger partial charge on any atom is 0.160 e. The average molecular weight is 651 g/mol. The molecule has 0 spiro atoms. The molecule has 3 nitrogen and oxygen atoms in total. The molecule has 10 aromatic rings. The lowest BCUT2D eigenvalue weighted by Crippen LogP contribution is -1.96. The highest BCUT2D eigenvalue weighted by Gasteiger charge is 2.16. The largest absolute Gasteiger partial charge is 0.455 e. The van der Waals surface area contributed by atoms with Crippen LogP contribution in [0.1, 0.15) is 0 Å². The summed E-state index contributed by atoms with van der Waals surface area (Å²) in [6, 6.07) is 63.9. The molecule has 51 heavy (non-hydrogen) atoms. The highest BCUT2D eigenvalue weighted by atomic mass is 16.3. The maximum atomic E-state index is 6.37. The number of para-hydroxylation sites is 2. The summed E-state index contributed by atoms with van der Waals surface area (Å²) < 4.78 is 6.37. The van der Waals surface area contributed by atoms with Crippen LogP contribution < -0.4 is 0 Å². The van der Waals surface area contributed by atoms with E-state index in [0.29, 0.717) is 5.82 Å². The van der Waals surface area contributed by atoms with Gasteiger partial charge in [0, 0.05) is 32.7 Å². The molecule has 8 aromatic carbocycles. The van der Waals surface area contributed by atoms with Gasteiger partial charge in [-0.2, -0.15) is 0 Å². The molecule has 0 unspecified atom stereocenters. The predicted molar refractivity (Wildman–Crippen MR) is 212 cm³/mol. The molecule has 0 bridgehead atoms. The van der Waals surface area contributed by atoms with E-state index in [-0.39, 0.29) is 0 Å². The average Bonchev–Trinajstić information content (AvgIpc) is 3.60. The fourth-order valence-electron chi connectivity index (χ4n) is 7.38. The molecule has 2 heterocycles. The van der Waals surface area contributed by atoms with Crippen molar-refractivity contribution in [2.75, 3.05) is 0 Å². The van der Waals surface area contributed by atoms with Gasteiger partial charge >= 0.3 is 0 Å². The van der Waals surface area contributed by atoms with E-state index in [1.807, 2.05) is 18.2 Å². The molecule has 0 fully saturated rings. The number of benzene rings is 8. The number of furan rings is 1. The first-order valence-corrected chi connectivity index (χ1v) is 17.2. The SMILES string of the molecule is c1ccc(-c2cc(-c3ccccc3)cc(-c3nc(-c4ccc(-c5cccc6c5ccc5c7ccccc7oc65)cc4)c4ccccc4n3)c2)cc1. The summed E-state index contributed by atoms with van der Waals surface area (Å²) in [7, 11) is 0. The van der Waals surface area contributed by atoms with Crippen molar-refractivity contribution in [1.29, 1.82) is 0 Å². The third kappa shape index (κ3) is 5.06. The molecular weight excluding hydrogens is 621 g/mol. The van der Waals surface area contributed by atoms with E-state index in [2.05, 4.69) is 164 Å². The minimum atomic E-state index is 0.701. The van der Waals surface area contributed by atoms with Gasteiger partial charge in [0.15, 0.2) is 5.82 Å². The Balaban J connectivity index is 1.10. The summed E-state index contributed by atoms with van der Waals surface area (Å²) in [4.78, 5) is 10.4. The lowest BCUT2D eigenvalue weighted by atomic mass is 9.95. The summed E-state index contributed by atoms with van der Waals surface area (Å²) in [6.45, 7) is 0. The van der Waals surface area contributed by atoms with Gasteiger partial charge in [0.2, 0.25) is 0 Å². The quantitative estimate of drug-likeness (QED) is 0.186. The molecule has 0 N–H and O–H groups in total. The number of hydrogen-bond acceptors (Lipinski definition) is 3. The molecule has 0 aliphatic carbocycles. The van der Waals surface area contributed by atoms with Gasteiger partial charge in [0.05, 0.1) is 11.2 Å². The van der Waals surface area contributed by atoms with Crippen LogP contribution in [0.2, 0.25) is 0 Å². The Bertz CT molecular complexity index is 2830. The summed E-state index contributed by atoms with van der Waals surface area (Å²) >= 11 is 0. The molecular formula is C48H30N2O. The zero-order chi connectivity index (χ0) is 33.7. The van der Waals surface area contributed by atoms with E-state index in [4.69, 9.17) is 14.4 Å². The molecule has 0 saturated carbocycles. The Labute approximate surface area is 295 Å². The summed E-state index contributed by atoms with van der Waals surface area (Å²) in [5, 5.41) is 5.59. The molecule has 10 rings (SSSR count). The van der Waals surface area contributed by atoms with E-state index in [0.717, 1.165) is 82.9 Å². The summed E-state index contributed by atoms with van der Waals surface area (Å²) in [5.41, 5.74) is 12.6. The van der Waals surface area contributed by atoms with E-state index < -0.39 is 0 Å². The van der Waals surface area contributed by atoms with Gasteiger partial charge in [-0.15, -0.1) is 0 Å². The standard InChI is InChI=1S/C48H30N2O/c1-3-12-31(13-4-1)35-28-36(32-14-5-2-6-15-32)30-37(29-35)48-49-44-20-9-7-17-43(44)46(50-48)34-24-22-33(23-25-34)38-18-11-19-41-39(38)26-27-42-40-16-8-10-21-45(40)51-47(41)42/h1-30H. The number of aromatic nitrogens is 2. The van der Waals surface area contributed by atoms with E-state index >= 15 is 0 Å². The second-order valence-corrected chi connectivity index (χ2v) is 13.0. The summed E-state index contributed by atoms with van der Waals surface area (Å²) in [5.74, 6) is 0.701. The van der Waals surface area contributed by atoms with E-state index in [1.165, 1.54) is 10.9 Å². The van der Waals surface area contributed by atoms with Crippen molar-refractivity contribution in [3.8, 4) is 56.0 Å². The van der Waals surface area contributed by atoms with Gasteiger partial charge in [-0.3, -0.25) is 0 Å². The van der Waals surface area contributed by atoms with Crippen molar-refractivity contribution in [1.82, 2.24) is 9.97 Å². The molecule has 0 aliphatic rings. The molecule has 3 heteroatoms. The van der Waals surface area contributed by atoms with Crippen molar-refractivity contribution in [3.63, 3.8) is 0 Å². The van der Waals surface area contributed by atoms with Gasteiger partial charge in [-0.05, 0) is 75.2 Å². The van der Waals surface area contributed by atoms with Crippen LogP contribution in [0.15, 0.2) is 186 Å². The van der Waals surface area contributed by atoms with Gasteiger partial charge in [0.25, 0.3) is 0 Å². The Morgan fingerprint density at radius 1 is 0.333 bits per heavy atom. The summed E-state index contributed by atoms with van der Waals surface area (Å²) in [6.07, 6.45) is 0. The highest BCUT2D eigenvalue weighted by molar-refractivity contribution is 6.17. The van der Waals surface area contributed by atoms with Crippen molar-refractivity contribution >= 4 is 43.6 Å². The fourth-order valence-corrected chi connectivity index (χ4v) is 7.38. The Kier molecular flexibility index (Phi) is 6.81. The fraction of sp³-hybridized carbons (Fsp3) is 0. The monoisotopic (exact) mass is 650 g/mol. The molecule has 0 saturated heterocycles. The normalized spacial score (nSPS) is 11.5. The number of rotatable bonds is 5. The first kappa shape index (κ1) is 29.1. The van der Waals surface area contributed by atoms with Gasteiger partial charge in [0.1, 0.15) is 11.2 Å². The Morgan fingerprint density at radius 3 is 1.65 bits per heavy atom. The topological polar surface area (TPSA) is 38.9 Å². The van der Waals surface area contributed by atoms with Crippen molar-refractivity contribution in [2.24, 2.45) is 0 Å². The van der Waals surface area contributed by atoms with Gasteiger partial charge in [-0.25, -0.2) is 9.97 Å². The van der Waals surface area contributed by atoms with Crippen molar-refractivity contribution in [3.05, 3.63) is 182 Å². The van der Waals surface area contributed by atoms with Crippen molar-refractivity contribution in [2.45, 2.75) is 0 Å². The minimum Gasteiger partial charge on any atom is -0.455 e.